The first-order chi connectivity index (χ1) is 8.74. The van der Waals surface area contributed by atoms with E-state index in [1.807, 2.05) is 23.9 Å². The fraction of sp³-hybridized carbons (Fsp3) is 0.571. The van der Waals surface area contributed by atoms with Gasteiger partial charge in [0.15, 0.2) is 0 Å². The van der Waals surface area contributed by atoms with Gasteiger partial charge in [0, 0.05) is 16.6 Å². The lowest BCUT2D eigenvalue weighted by Crippen LogP contribution is -2.14. The van der Waals surface area contributed by atoms with Crippen LogP contribution in [0.3, 0.4) is 0 Å². The topological polar surface area (TPSA) is 32.3 Å². The molecule has 0 unspecified atom stereocenters. The van der Waals surface area contributed by atoms with Gasteiger partial charge in [-0.25, -0.2) is 0 Å². The normalized spacial score (nSPS) is 10.8. The van der Waals surface area contributed by atoms with Crippen molar-refractivity contribution in [1.29, 1.82) is 0 Å². The van der Waals surface area contributed by atoms with E-state index in [2.05, 4.69) is 27.5 Å². The van der Waals surface area contributed by atoms with Crippen LogP contribution in [-0.2, 0) is 6.54 Å². The Morgan fingerprint density at radius 1 is 1.22 bits per heavy atom. The van der Waals surface area contributed by atoms with Crippen molar-refractivity contribution >= 4 is 27.7 Å². The van der Waals surface area contributed by atoms with Crippen LogP contribution in [0.4, 0.5) is 0 Å². The molecule has 0 saturated carbocycles. The van der Waals surface area contributed by atoms with Gasteiger partial charge in [0.05, 0.1) is 0 Å². The number of rotatable bonds is 9. The van der Waals surface area contributed by atoms with Crippen LogP contribution >= 0.6 is 27.7 Å². The number of nitrogens with one attached hydrogen (secondary N) is 1. The van der Waals surface area contributed by atoms with E-state index < -0.39 is 0 Å². The molecule has 0 amide bonds. The van der Waals surface area contributed by atoms with E-state index in [-0.39, 0.29) is 0 Å². The lowest BCUT2D eigenvalue weighted by molar-refractivity contribution is 0.463. The number of unbranched alkanes of at least 4 members (excludes halogenated alkanes) is 3. The predicted molar refractivity (Wildman–Crippen MR) is 84.4 cm³/mol. The average molecular weight is 332 g/mol. The third-order valence-electron chi connectivity index (χ3n) is 2.81. The van der Waals surface area contributed by atoms with Crippen LogP contribution in [-0.4, -0.2) is 23.7 Å². The third kappa shape index (κ3) is 6.66. The first-order valence-electron chi connectivity index (χ1n) is 6.41. The zero-order valence-electron chi connectivity index (χ0n) is 10.9. The summed E-state index contributed by atoms with van der Waals surface area (Å²) >= 11 is 5.34. The summed E-state index contributed by atoms with van der Waals surface area (Å²) < 4.78 is 1.01. The Balaban J connectivity index is 2.09. The van der Waals surface area contributed by atoms with Gasteiger partial charge in [-0.15, -0.1) is 0 Å². The maximum atomic E-state index is 9.67. The molecule has 102 valence electrons. The fourth-order valence-corrected chi connectivity index (χ4v) is 2.67. The highest BCUT2D eigenvalue weighted by Gasteiger charge is 2.00. The Hall–Kier alpha value is -0.190. The quantitative estimate of drug-likeness (QED) is 0.666. The molecule has 1 rings (SSSR count). The maximum Gasteiger partial charge on any atom is 0.120 e. The van der Waals surface area contributed by atoms with E-state index >= 15 is 0 Å². The van der Waals surface area contributed by atoms with Crippen LogP contribution < -0.4 is 5.32 Å². The molecule has 0 aliphatic heterocycles. The molecule has 0 radical (unpaired) electrons. The Morgan fingerprint density at radius 3 is 2.78 bits per heavy atom. The molecule has 0 spiro atoms. The van der Waals surface area contributed by atoms with E-state index in [0.29, 0.717) is 5.75 Å². The highest BCUT2D eigenvalue weighted by atomic mass is 79.9. The fourth-order valence-electron chi connectivity index (χ4n) is 1.77. The molecule has 4 heteroatoms. The van der Waals surface area contributed by atoms with Gasteiger partial charge in [-0.05, 0) is 49.6 Å². The number of halogens is 1. The average Bonchev–Trinajstić information content (AvgIpc) is 2.36. The molecule has 0 aliphatic carbocycles. The molecule has 2 nitrogen and oxygen atoms in total. The van der Waals surface area contributed by atoms with Crippen LogP contribution in [0, 0.1) is 0 Å². The molecule has 18 heavy (non-hydrogen) atoms. The number of hydrogen-bond acceptors (Lipinski definition) is 3. The SMILES string of the molecule is CSCCCCCCNCc1cc(Br)ccc1O. The highest BCUT2D eigenvalue weighted by Crippen LogP contribution is 2.21. The summed E-state index contributed by atoms with van der Waals surface area (Å²) in [5, 5.41) is 13.0. The molecular weight excluding hydrogens is 310 g/mol. The Morgan fingerprint density at radius 2 is 2.00 bits per heavy atom. The van der Waals surface area contributed by atoms with E-state index in [1.54, 1.807) is 6.07 Å². The zero-order valence-corrected chi connectivity index (χ0v) is 13.3. The van der Waals surface area contributed by atoms with Crippen LogP contribution in [0.25, 0.3) is 0 Å². The van der Waals surface area contributed by atoms with E-state index in [1.165, 1.54) is 31.4 Å². The summed E-state index contributed by atoms with van der Waals surface area (Å²) in [5.74, 6) is 1.64. The maximum absolute atomic E-state index is 9.67. The molecule has 0 heterocycles. The first-order valence-corrected chi connectivity index (χ1v) is 8.60. The van der Waals surface area contributed by atoms with Gasteiger partial charge in [-0.2, -0.15) is 11.8 Å². The number of phenols is 1. The highest BCUT2D eigenvalue weighted by molar-refractivity contribution is 9.10. The Labute approximate surface area is 123 Å². The number of thioether (sulfide) groups is 1. The largest absolute Gasteiger partial charge is 0.508 e. The van der Waals surface area contributed by atoms with Crippen molar-refractivity contribution in [2.75, 3.05) is 18.6 Å². The number of aromatic hydroxyl groups is 1. The molecule has 0 saturated heterocycles. The molecule has 0 fully saturated rings. The molecule has 1 aromatic carbocycles. The summed E-state index contributed by atoms with van der Waals surface area (Å²) in [6.45, 7) is 1.75. The molecule has 2 N–H and O–H groups in total. The molecule has 0 bridgehead atoms. The van der Waals surface area contributed by atoms with Crippen LogP contribution in [0.1, 0.15) is 31.2 Å². The van der Waals surface area contributed by atoms with Crippen LogP contribution in [0.15, 0.2) is 22.7 Å². The van der Waals surface area contributed by atoms with Crippen molar-refractivity contribution in [3.63, 3.8) is 0 Å². The van der Waals surface area contributed by atoms with Crippen molar-refractivity contribution < 1.29 is 5.11 Å². The second kappa shape index (κ2) is 9.70. The number of benzene rings is 1. The van der Waals surface area contributed by atoms with Crippen LogP contribution in [0.2, 0.25) is 0 Å². The van der Waals surface area contributed by atoms with Gasteiger partial charge in [0.25, 0.3) is 0 Å². The zero-order chi connectivity index (χ0) is 13.2. The van der Waals surface area contributed by atoms with Crippen molar-refractivity contribution in [1.82, 2.24) is 5.32 Å². The second-order valence-corrected chi connectivity index (χ2v) is 6.26. The van der Waals surface area contributed by atoms with Crippen molar-refractivity contribution in [2.24, 2.45) is 0 Å². The number of hydrogen-bond donors (Lipinski definition) is 2. The standard InChI is InChI=1S/C14H22BrNOS/c1-18-9-5-3-2-4-8-16-11-12-10-13(15)6-7-14(12)17/h6-7,10,16-17H,2-5,8-9,11H2,1H3. The minimum atomic E-state index is 0.366. The van der Waals surface area contributed by atoms with Gasteiger partial charge < -0.3 is 10.4 Å². The van der Waals surface area contributed by atoms with Gasteiger partial charge in [-0.1, -0.05) is 28.8 Å². The van der Waals surface area contributed by atoms with Crippen molar-refractivity contribution in [3.05, 3.63) is 28.2 Å². The molecule has 0 aromatic heterocycles. The summed E-state index contributed by atoms with van der Waals surface area (Å²) in [6, 6.07) is 5.54. The Bertz CT molecular complexity index is 347. The van der Waals surface area contributed by atoms with Crippen molar-refractivity contribution in [3.8, 4) is 5.75 Å². The minimum Gasteiger partial charge on any atom is -0.508 e. The minimum absolute atomic E-state index is 0.366. The molecule has 0 atom stereocenters. The van der Waals surface area contributed by atoms with E-state index in [0.717, 1.165) is 23.1 Å². The van der Waals surface area contributed by atoms with Gasteiger partial charge in [0.1, 0.15) is 5.75 Å². The van der Waals surface area contributed by atoms with Gasteiger partial charge >= 0.3 is 0 Å². The van der Waals surface area contributed by atoms with E-state index in [9.17, 15) is 5.11 Å². The summed E-state index contributed by atoms with van der Waals surface area (Å²) in [5.41, 5.74) is 0.951. The monoisotopic (exact) mass is 331 g/mol. The summed E-state index contributed by atoms with van der Waals surface area (Å²) in [4.78, 5) is 0. The third-order valence-corrected chi connectivity index (χ3v) is 4.00. The smallest absolute Gasteiger partial charge is 0.120 e. The number of phenolic OH excluding ortho intramolecular Hbond substituents is 1. The molecular formula is C14H22BrNOS. The lowest BCUT2D eigenvalue weighted by Gasteiger charge is -2.07. The lowest BCUT2D eigenvalue weighted by atomic mass is 10.2. The summed E-state index contributed by atoms with van der Waals surface area (Å²) in [7, 11) is 0. The Kier molecular flexibility index (Phi) is 8.55. The molecule has 0 aliphatic rings. The van der Waals surface area contributed by atoms with Gasteiger partial charge in [-0.3, -0.25) is 0 Å². The second-order valence-electron chi connectivity index (χ2n) is 4.36. The molecule has 1 aromatic rings. The van der Waals surface area contributed by atoms with Gasteiger partial charge in [0.2, 0.25) is 0 Å². The summed E-state index contributed by atoms with van der Waals surface area (Å²) in [6.07, 6.45) is 7.31. The van der Waals surface area contributed by atoms with Crippen molar-refractivity contribution in [2.45, 2.75) is 32.2 Å². The van der Waals surface area contributed by atoms with Crippen LogP contribution in [0.5, 0.6) is 5.75 Å². The predicted octanol–water partition coefficient (Wildman–Crippen LogP) is 4.17. The first kappa shape index (κ1) is 15.9. The van der Waals surface area contributed by atoms with E-state index in [4.69, 9.17) is 0 Å².